The van der Waals surface area contributed by atoms with Crippen LogP contribution in [0.3, 0.4) is 0 Å². The van der Waals surface area contributed by atoms with Gasteiger partial charge in [0.25, 0.3) is 0 Å². The van der Waals surface area contributed by atoms with Gasteiger partial charge in [-0.05, 0) is 62.5 Å². The minimum atomic E-state index is -0.211. The number of fused-ring (bicyclic) bond motifs is 2. The molecule has 0 saturated heterocycles. The van der Waals surface area contributed by atoms with Gasteiger partial charge in [0.2, 0.25) is 0 Å². The van der Waals surface area contributed by atoms with Crippen LogP contribution in [0, 0.1) is 5.41 Å². The molecule has 5 heteroatoms. The molecular weight excluding hydrogens is 331 g/mol. The van der Waals surface area contributed by atoms with Crippen LogP contribution in [0.4, 0.5) is 4.39 Å². The van der Waals surface area contributed by atoms with Gasteiger partial charge in [0, 0.05) is 5.41 Å². The van der Waals surface area contributed by atoms with Gasteiger partial charge in [-0.15, -0.1) is 0 Å². The Hall–Kier alpha value is -1.98. The number of aliphatic hydroxyl groups is 1. The molecule has 1 fully saturated rings. The monoisotopic (exact) mass is 356 g/mol. The summed E-state index contributed by atoms with van der Waals surface area (Å²) in [6, 6.07) is 0. The second-order valence-electron chi connectivity index (χ2n) is 7.67. The van der Waals surface area contributed by atoms with Crippen molar-refractivity contribution in [3.63, 3.8) is 0 Å². The molecule has 1 aromatic heterocycles. The van der Waals surface area contributed by atoms with Crippen LogP contribution < -0.4 is 0 Å². The van der Waals surface area contributed by atoms with Crippen LogP contribution in [-0.4, -0.2) is 33.7 Å². The van der Waals surface area contributed by atoms with E-state index in [2.05, 4.69) is 18.1 Å². The van der Waals surface area contributed by atoms with E-state index in [0.717, 1.165) is 30.7 Å². The number of aromatic nitrogens is 2. The first-order valence-electron chi connectivity index (χ1n) is 9.30. The number of hydrogen-bond donors (Lipinski definition) is 1. The number of aliphatic hydroxyl groups excluding tert-OH is 1. The third-order valence-corrected chi connectivity index (χ3v) is 5.83. The van der Waals surface area contributed by atoms with Crippen LogP contribution in [0.15, 0.2) is 41.9 Å². The highest BCUT2D eigenvalue weighted by Crippen LogP contribution is 2.51. The zero-order chi connectivity index (χ0) is 18.3. The lowest BCUT2D eigenvalue weighted by Crippen LogP contribution is -2.37. The average molecular weight is 356 g/mol. The van der Waals surface area contributed by atoms with Gasteiger partial charge in [-0.2, -0.15) is 5.10 Å². The van der Waals surface area contributed by atoms with E-state index in [1.165, 1.54) is 17.2 Å². The number of allylic oxidation sites excluding steroid dienone is 6. The van der Waals surface area contributed by atoms with Crippen molar-refractivity contribution >= 4 is 11.8 Å². The molecule has 3 aliphatic rings. The molecule has 0 radical (unpaired) electrons. The van der Waals surface area contributed by atoms with Crippen molar-refractivity contribution < 1.29 is 14.2 Å². The van der Waals surface area contributed by atoms with Crippen LogP contribution >= 0.6 is 0 Å². The Bertz CT molecular complexity index is 833. The number of ether oxygens (including phenoxy) is 1. The Morgan fingerprint density at radius 2 is 2.27 bits per heavy atom. The highest BCUT2D eigenvalue weighted by Gasteiger charge is 2.46. The van der Waals surface area contributed by atoms with E-state index in [0.29, 0.717) is 6.42 Å². The SMILES string of the molecule is CC(CO)OC1CCC2=Cc3c(cnn3C3=CCC=C(F)C=C3)CC21C. The number of nitrogens with zero attached hydrogens (tertiary/aromatic N) is 2. The van der Waals surface area contributed by atoms with Crippen molar-refractivity contribution in [3.8, 4) is 0 Å². The number of halogens is 1. The molecule has 1 saturated carbocycles. The Kier molecular flexibility index (Phi) is 4.45. The summed E-state index contributed by atoms with van der Waals surface area (Å²) in [4.78, 5) is 0. The first-order chi connectivity index (χ1) is 12.5. The highest BCUT2D eigenvalue weighted by atomic mass is 19.1. The molecule has 138 valence electrons. The normalized spacial score (nSPS) is 28.6. The van der Waals surface area contributed by atoms with Crippen LogP contribution in [-0.2, 0) is 11.2 Å². The summed E-state index contributed by atoms with van der Waals surface area (Å²) >= 11 is 0. The van der Waals surface area contributed by atoms with E-state index in [1.54, 1.807) is 12.2 Å². The van der Waals surface area contributed by atoms with E-state index in [1.807, 2.05) is 23.9 Å². The first-order valence-corrected chi connectivity index (χ1v) is 9.30. The summed E-state index contributed by atoms with van der Waals surface area (Å²) in [6.45, 7) is 4.21. The second kappa shape index (κ2) is 6.63. The predicted octanol–water partition coefficient (Wildman–Crippen LogP) is 4.04. The van der Waals surface area contributed by atoms with E-state index < -0.39 is 0 Å². The molecule has 0 aromatic carbocycles. The molecule has 1 heterocycles. The summed E-state index contributed by atoms with van der Waals surface area (Å²) in [5.74, 6) is -0.211. The van der Waals surface area contributed by atoms with E-state index in [9.17, 15) is 9.50 Å². The smallest absolute Gasteiger partial charge is 0.119 e. The van der Waals surface area contributed by atoms with Gasteiger partial charge in [-0.25, -0.2) is 9.07 Å². The van der Waals surface area contributed by atoms with Gasteiger partial charge in [0.15, 0.2) is 0 Å². The lowest BCUT2D eigenvalue weighted by atomic mass is 9.73. The van der Waals surface area contributed by atoms with Crippen molar-refractivity contribution in [2.75, 3.05) is 6.61 Å². The molecule has 3 unspecified atom stereocenters. The van der Waals surface area contributed by atoms with Crippen LogP contribution in [0.5, 0.6) is 0 Å². The minimum Gasteiger partial charge on any atom is -0.394 e. The molecular formula is C21H25FN2O2. The third-order valence-electron chi connectivity index (χ3n) is 5.83. The van der Waals surface area contributed by atoms with E-state index in [-0.39, 0.29) is 30.1 Å². The van der Waals surface area contributed by atoms with E-state index in [4.69, 9.17) is 4.74 Å². The summed E-state index contributed by atoms with van der Waals surface area (Å²) in [7, 11) is 0. The number of rotatable bonds is 4. The first kappa shape index (κ1) is 17.4. The molecule has 26 heavy (non-hydrogen) atoms. The van der Waals surface area contributed by atoms with Crippen LogP contribution in [0.1, 0.15) is 44.4 Å². The Labute approximate surface area is 153 Å². The fourth-order valence-electron chi connectivity index (χ4n) is 4.30. The Balaban J connectivity index is 1.65. The zero-order valence-electron chi connectivity index (χ0n) is 15.3. The van der Waals surface area contributed by atoms with Gasteiger partial charge in [0.05, 0.1) is 36.4 Å². The van der Waals surface area contributed by atoms with E-state index >= 15 is 0 Å². The lowest BCUT2D eigenvalue weighted by Gasteiger charge is -2.36. The van der Waals surface area contributed by atoms with Crippen molar-refractivity contribution in [1.82, 2.24) is 9.78 Å². The zero-order valence-corrected chi connectivity index (χ0v) is 15.3. The molecule has 1 aromatic rings. The maximum atomic E-state index is 13.5. The summed E-state index contributed by atoms with van der Waals surface area (Å²) in [6.07, 6.45) is 14.4. The van der Waals surface area contributed by atoms with Crippen molar-refractivity contribution in [2.45, 2.75) is 51.7 Å². The van der Waals surface area contributed by atoms with Crippen molar-refractivity contribution in [1.29, 1.82) is 0 Å². The third kappa shape index (κ3) is 2.89. The summed E-state index contributed by atoms with van der Waals surface area (Å²) in [5.41, 5.74) is 4.51. The molecule has 0 bridgehead atoms. The van der Waals surface area contributed by atoms with Crippen molar-refractivity contribution in [3.05, 3.63) is 53.2 Å². The minimum absolute atomic E-state index is 0.0416. The Morgan fingerprint density at radius 1 is 1.42 bits per heavy atom. The second-order valence-corrected chi connectivity index (χ2v) is 7.67. The van der Waals surface area contributed by atoms with Gasteiger partial charge in [-0.3, -0.25) is 0 Å². The quantitative estimate of drug-likeness (QED) is 0.886. The molecule has 0 amide bonds. The van der Waals surface area contributed by atoms with Crippen LogP contribution in [0.25, 0.3) is 11.8 Å². The number of hydrogen-bond acceptors (Lipinski definition) is 3. The molecule has 4 rings (SSSR count). The fourth-order valence-corrected chi connectivity index (χ4v) is 4.30. The summed E-state index contributed by atoms with van der Waals surface area (Å²) in [5, 5.41) is 13.9. The van der Waals surface area contributed by atoms with Crippen LogP contribution in [0.2, 0.25) is 0 Å². The maximum Gasteiger partial charge on any atom is 0.119 e. The fraction of sp³-hybridized carbons (Fsp3) is 0.476. The largest absolute Gasteiger partial charge is 0.394 e. The maximum absolute atomic E-state index is 13.5. The summed E-state index contributed by atoms with van der Waals surface area (Å²) < 4.78 is 21.5. The molecule has 4 nitrogen and oxygen atoms in total. The standard InChI is InChI=1S/C21H25FN2O2/c1-14(13-25)26-20-9-6-16-10-19-15(11-21(16,20)2)12-23-24(19)18-5-3-4-17(22)7-8-18/h4-5,7-8,10,12,14,20,25H,3,6,9,11,13H2,1-2H3. The van der Waals surface area contributed by atoms with Crippen molar-refractivity contribution in [2.24, 2.45) is 5.41 Å². The lowest BCUT2D eigenvalue weighted by molar-refractivity contribution is -0.0656. The van der Waals surface area contributed by atoms with Gasteiger partial charge >= 0.3 is 0 Å². The Morgan fingerprint density at radius 3 is 3.08 bits per heavy atom. The topological polar surface area (TPSA) is 47.3 Å². The molecule has 0 spiro atoms. The van der Waals surface area contributed by atoms with Gasteiger partial charge in [-0.1, -0.05) is 18.6 Å². The van der Waals surface area contributed by atoms with Gasteiger partial charge in [0.1, 0.15) is 5.83 Å². The highest BCUT2D eigenvalue weighted by molar-refractivity contribution is 5.68. The predicted molar refractivity (Wildman–Crippen MR) is 99.9 cm³/mol. The molecule has 0 aliphatic heterocycles. The average Bonchev–Trinajstić information content (AvgIpc) is 3.07. The van der Waals surface area contributed by atoms with Gasteiger partial charge < -0.3 is 9.84 Å². The molecule has 3 atom stereocenters. The molecule has 1 N–H and O–H groups in total. The molecule has 3 aliphatic carbocycles.